The maximum absolute atomic E-state index is 12.0. The number of piperidine rings is 1. The molecule has 0 spiro atoms. The molecule has 2 rings (SSSR count). The lowest BCUT2D eigenvalue weighted by molar-refractivity contribution is -0.117. The summed E-state index contributed by atoms with van der Waals surface area (Å²) >= 11 is 5.90. The number of carbonyl (C=O) groups is 1. The molecule has 1 heterocycles. The molecule has 1 unspecified atom stereocenters. The zero-order valence-electron chi connectivity index (χ0n) is 11.8. The summed E-state index contributed by atoms with van der Waals surface area (Å²) in [6.45, 7) is 3.10. The number of hydrogen-bond acceptors (Lipinski definition) is 3. The Morgan fingerprint density at radius 2 is 2.40 bits per heavy atom. The average molecular weight is 297 g/mol. The maximum atomic E-state index is 12.0. The summed E-state index contributed by atoms with van der Waals surface area (Å²) < 4.78 is 5.20. The molecule has 1 fully saturated rings. The second-order valence-corrected chi connectivity index (χ2v) is 5.69. The summed E-state index contributed by atoms with van der Waals surface area (Å²) in [6.07, 6.45) is 2.30. The van der Waals surface area contributed by atoms with E-state index in [2.05, 4.69) is 10.2 Å². The van der Waals surface area contributed by atoms with Gasteiger partial charge in [-0.15, -0.1) is 0 Å². The van der Waals surface area contributed by atoms with Gasteiger partial charge in [0.15, 0.2) is 0 Å². The van der Waals surface area contributed by atoms with Crippen molar-refractivity contribution in [3.05, 3.63) is 29.3 Å². The van der Waals surface area contributed by atoms with E-state index in [4.69, 9.17) is 16.3 Å². The molecule has 20 heavy (non-hydrogen) atoms. The minimum atomic E-state index is 0.00494. The number of hydrogen-bond donors (Lipinski definition) is 1. The monoisotopic (exact) mass is 296 g/mol. The zero-order chi connectivity index (χ0) is 14.4. The first-order valence-corrected chi connectivity index (χ1v) is 7.32. The summed E-state index contributed by atoms with van der Waals surface area (Å²) in [5.41, 5.74) is 0.743. The van der Waals surface area contributed by atoms with Crippen molar-refractivity contribution >= 4 is 23.2 Å². The number of likely N-dealkylation sites (tertiary alicyclic amines) is 1. The summed E-state index contributed by atoms with van der Waals surface area (Å²) in [5.74, 6) is 0.540. The molecule has 110 valence electrons. The van der Waals surface area contributed by atoms with E-state index in [-0.39, 0.29) is 5.91 Å². The Bertz CT molecular complexity index is 451. The van der Waals surface area contributed by atoms with Gasteiger partial charge in [0.2, 0.25) is 5.91 Å². The molecule has 0 aliphatic carbocycles. The number of rotatable bonds is 5. The van der Waals surface area contributed by atoms with Gasteiger partial charge in [-0.3, -0.25) is 9.69 Å². The van der Waals surface area contributed by atoms with Crippen LogP contribution in [0.25, 0.3) is 0 Å². The SMILES string of the molecule is COCC1CCCN(CC(=O)Nc2cccc(Cl)c2)C1. The van der Waals surface area contributed by atoms with Crippen molar-refractivity contribution in [2.24, 2.45) is 5.92 Å². The molecule has 1 aliphatic rings. The second-order valence-electron chi connectivity index (χ2n) is 5.26. The van der Waals surface area contributed by atoms with Gasteiger partial charge in [-0.2, -0.15) is 0 Å². The number of nitrogens with zero attached hydrogens (tertiary/aromatic N) is 1. The lowest BCUT2D eigenvalue weighted by Gasteiger charge is -2.31. The smallest absolute Gasteiger partial charge is 0.238 e. The molecule has 0 saturated carbocycles. The molecule has 1 amide bonds. The predicted molar refractivity (Wildman–Crippen MR) is 81.1 cm³/mol. The zero-order valence-corrected chi connectivity index (χ0v) is 12.5. The van der Waals surface area contributed by atoms with Crippen LogP contribution in [0.4, 0.5) is 5.69 Å². The van der Waals surface area contributed by atoms with Crippen molar-refractivity contribution in [1.82, 2.24) is 4.90 Å². The number of carbonyl (C=O) groups excluding carboxylic acids is 1. The molecule has 1 atom stereocenters. The number of ether oxygens (including phenoxy) is 1. The van der Waals surface area contributed by atoms with E-state index < -0.39 is 0 Å². The van der Waals surface area contributed by atoms with E-state index in [1.807, 2.05) is 12.1 Å². The van der Waals surface area contributed by atoms with Crippen molar-refractivity contribution in [2.45, 2.75) is 12.8 Å². The third-order valence-electron chi connectivity index (χ3n) is 3.48. The second kappa shape index (κ2) is 7.62. The van der Waals surface area contributed by atoms with Gasteiger partial charge in [-0.25, -0.2) is 0 Å². The maximum Gasteiger partial charge on any atom is 0.238 e. The summed E-state index contributed by atoms with van der Waals surface area (Å²) in [7, 11) is 1.73. The molecule has 1 N–H and O–H groups in total. The molecule has 1 aromatic carbocycles. The number of methoxy groups -OCH3 is 1. The number of amides is 1. The van der Waals surface area contributed by atoms with Gasteiger partial charge in [-0.1, -0.05) is 17.7 Å². The third-order valence-corrected chi connectivity index (χ3v) is 3.72. The molecule has 1 saturated heterocycles. The Morgan fingerprint density at radius 1 is 1.55 bits per heavy atom. The van der Waals surface area contributed by atoms with Crippen LogP contribution in [-0.4, -0.2) is 44.2 Å². The molecule has 1 aliphatic heterocycles. The number of nitrogens with one attached hydrogen (secondary N) is 1. The van der Waals surface area contributed by atoms with E-state index in [1.165, 1.54) is 6.42 Å². The minimum Gasteiger partial charge on any atom is -0.384 e. The van der Waals surface area contributed by atoms with Crippen molar-refractivity contribution < 1.29 is 9.53 Å². The van der Waals surface area contributed by atoms with E-state index in [0.717, 1.165) is 31.8 Å². The predicted octanol–water partition coefficient (Wildman–Crippen LogP) is 2.64. The topological polar surface area (TPSA) is 41.6 Å². The van der Waals surface area contributed by atoms with Crippen LogP contribution in [0.15, 0.2) is 24.3 Å². The average Bonchev–Trinajstić information content (AvgIpc) is 2.39. The fraction of sp³-hybridized carbons (Fsp3) is 0.533. The van der Waals surface area contributed by atoms with E-state index in [0.29, 0.717) is 17.5 Å². The Labute approximate surface area is 125 Å². The Kier molecular flexibility index (Phi) is 5.83. The first-order chi connectivity index (χ1) is 9.67. The first kappa shape index (κ1) is 15.3. The van der Waals surface area contributed by atoms with Gasteiger partial charge < -0.3 is 10.1 Å². The highest BCUT2D eigenvalue weighted by atomic mass is 35.5. The van der Waals surface area contributed by atoms with E-state index >= 15 is 0 Å². The fourth-order valence-electron chi connectivity index (χ4n) is 2.64. The van der Waals surface area contributed by atoms with E-state index in [1.54, 1.807) is 19.2 Å². The van der Waals surface area contributed by atoms with Crippen LogP contribution in [0, 0.1) is 5.92 Å². The van der Waals surface area contributed by atoms with Crippen molar-refractivity contribution in [3.63, 3.8) is 0 Å². The van der Waals surface area contributed by atoms with Crippen LogP contribution in [-0.2, 0) is 9.53 Å². The standard InChI is InChI=1S/C15H21ClN2O2/c1-20-11-12-4-3-7-18(9-12)10-15(19)17-14-6-2-5-13(16)8-14/h2,5-6,8,12H,3-4,7,9-11H2,1H3,(H,17,19). The van der Waals surface area contributed by atoms with Crippen LogP contribution in [0.3, 0.4) is 0 Å². The number of halogens is 1. The number of anilines is 1. The third kappa shape index (κ3) is 4.78. The molecule has 4 nitrogen and oxygen atoms in total. The summed E-state index contributed by atoms with van der Waals surface area (Å²) in [6, 6.07) is 7.21. The van der Waals surface area contributed by atoms with E-state index in [9.17, 15) is 4.79 Å². The van der Waals surface area contributed by atoms with Crippen molar-refractivity contribution in [1.29, 1.82) is 0 Å². The highest BCUT2D eigenvalue weighted by Gasteiger charge is 2.21. The van der Waals surface area contributed by atoms with Crippen LogP contribution in [0.1, 0.15) is 12.8 Å². The molecule has 0 radical (unpaired) electrons. The number of benzene rings is 1. The highest BCUT2D eigenvalue weighted by Crippen LogP contribution is 2.17. The first-order valence-electron chi connectivity index (χ1n) is 6.94. The van der Waals surface area contributed by atoms with Gasteiger partial charge in [0.05, 0.1) is 13.2 Å². The molecule has 1 aromatic rings. The van der Waals surface area contributed by atoms with Crippen molar-refractivity contribution in [3.8, 4) is 0 Å². The highest BCUT2D eigenvalue weighted by molar-refractivity contribution is 6.30. The van der Waals surface area contributed by atoms with Crippen molar-refractivity contribution in [2.75, 3.05) is 38.7 Å². The molecular weight excluding hydrogens is 276 g/mol. The lowest BCUT2D eigenvalue weighted by atomic mass is 9.99. The molecule has 5 heteroatoms. The van der Waals surface area contributed by atoms with Gasteiger partial charge in [0, 0.05) is 24.4 Å². The summed E-state index contributed by atoms with van der Waals surface area (Å²) in [5, 5.41) is 3.51. The van der Waals surface area contributed by atoms with Gasteiger partial charge >= 0.3 is 0 Å². The van der Waals surface area contributed by atoms with Crippen LogP contribution in [0.5, 0.6) is 0 Å². The minimum absolute atomic E-state index is 0.00494. The van der Waals surface area contributed by atoms with Gasteiger partial charge in [0.25, 0.3) is 0 Å². The Hall–Kier alpha value is -1.10. The Balaban J connectivity index is 1.82. The molecular formula is C15H21ClN2O2. The van der Waals surface area contributed by atoms with Gasteiger partial charge in [0.1, 0.15) is 0 Å². The van der Waals surface area contributed by atoms with Gasteiger partial charge in [-0.05, 0) is 43.5 Å². The summed E-state index contributed by atoms with van der Waals surface area (Å²) in [4.78, 5) is 14.2. The molecule has 0 bridgehead atoms. The molecule has 0 aromatic heterocycles. The van der Waals surface area contributed by atoms with Crippen LogP contribution in [0.2, 0.25) is 5.02 Å². The fourth-order valence-corrected chi connectivity index (χ4v) is 2.83. The van der Waals surface area contributed by atoms with Crippen LogP contribution >= 0.6 is 11.6 Å². The van der Waals surface area contributed by atoms with Crippen LogP contribution < -0.4 is 5.32 Å². The normalized spacial score (nSPS) is 19.8. The lowest BCUT2D eigenvalue weighted by Crippen LogP contribution is -2.41. The largest absolute Gasteiger partial charge is 0.384 e. The Morgan fingerprint density at radius 3 is 3.15 bits per heavy atom. The quantitative estimate of drug-likeness (QED) is 0.908.